The van der Waals surface area contributed by atoms with Gasteiger partial charge in [-0.1, -0.05) is 24.3 Å². The summed E-state index contributed by atoms with van der Waals surface area (Å²) in [5.41, 5.74) is 1.99. The number of aliphatic carboxylic acids is 1. The van der Waals surface area contributed by atoms with Gasteiger partial charge in [0, 0.05) is 11.1 Å². The van der Waals surface area contributed by atoms with Crippen molar-refractivity contribution in [3.05, 3.63) is 42.1 Å². The molecule has 3 nitrogen and oxygen atoms in total. The quantitative estimate of drug-likeness (QED) is 0.898. The maximum absolute atomic E-state index is 11.0. The van der Waals surface area contributed by atoms with E-state index in [1.54, 1.807) is 0 Å². The predicted molar refractivity (Wildman–Crippen MR) is 69.3 cm³/mol. The fourth-order valence-electron chi connectivity index (χ4n) is 2.63. The Morgan fingerprint density at radius 2 is 2.06 bits per heavy atom. The number of nitrogens with zero attached hydrogens (tertiary/aromatic N) is 1. The molecule has 1 aromatic carbocycles. The van der Waals surface area contributed by atoms with Crippen molar-refractivity contribution in [1.29, 1.82) is 0 Å². The maximum Gasteiger partial charge on any atom is 0.306 e. The van der Waals surface area contributed by atoms with Crippen LogP contribution in [-0.4, -0.2) is 16.1 Å². The molecule has 3 heteroatoms. The highest BCUT2D eigenvalue weighted by Crippen LogP contribution is 2.36. The van der Waals surface area contributed by atoms with Crippen LogP contribution in [0.2, 0.25) is 0 Å². The molecule has 1 aliphatic carbocycles. The molecular formula is C15H15NO2. The Morgan fingerprint density at radius 1 is 1.22 bits per heavy atom. The van der Waals surface area contributed by atoms with E-state index >= 15 is 0 Å². The van der Waals surface area contributed by atoms with Crippen LogP contribution in [-0.2, 0) is 11.2 Å². The van der Waals surface area contributed by atoms with Crippen molar-refractivity contribution >= 4 is 16.9 Å². The third-order valence-corrected chi connectivity index (χ3v) is 3.86. The summed E-state index contributed by atoms with van der Waals surface area (Å²) in [5, 5.41) is 10.2. The molecule has 0 spiro atoms. The van der Waals surface area contributed by atoms with Crippen LogP contribution in [0.15, 0.2) is 36.4 Å². The number of fused-ring (bicyclic) bond motifs is 1. The number of carbonyl (C=O) groups is 1. The van der Waals surface area contributed by atoms with E-state index in [2.05, 4.69) is 11.1 Å². The number of carboxylic acid groups (broad SMARTS) is 1. The molecule has 0 radical (unpaired) electrons. The number of hydrogen-bond acceptors (Lipinski definition) is 2. The molecule has 0 saturated heterocycles. The van der Waals surface area contributed by atoms with Gasteiger partial charge in [0.15, 0.2) is 0 Å². The number of hydrogen-bond donors (Lipinski definition) is 1. The number of pyridine rings is 1. The maximum atomic E-state index is 11.0. The van der Waals surface area contributed by atoms with Crippen LogP contribution in [0, 0.1) is 11.8 Å². The third kappa shape index (κ3) is 1.96. The Morgan fingerprint density at radius 3 is 2.78 bits per heavy atom. The average Bonchev–Trinajstić information content (AvgIpc) is 2.33. The van der Waals surface area contributed by atoms with Gasteiger partial charge in [-0.15, -0.1) is 0 Å². The summed E-state index contributed by atoms with van der Waals surface area (Å²) in [7, 11) is 0. The monoisotopic (exact) mass is 241 g/mol. The first-order chi connectivity index (χ1) is 8.74. The molecule has 1 fully saturated rings. The normalized spacial score (nSPS) is 22.7. The van der Waals surface area contributed by atoms with E-state index < -0.39 is 5.97 Å². The van der Waals surface area contributed by atoms with E-state index in [0.29, 0.717) is 0 Å². The van der Waals surface area contributed by atoms with Gasteiger partial charge in [-0.05, 0) is 37.3 Å². The van der Waals surface area contributed by atoms with Crippen molar-refractivity contribution in [2.75, 3.05) is 0 Å². The molecule has 0 aliphatic heterocycles. The molecule has 0 bridgehead atoms. The van der Waals surface area contributed by atoms with E-state index in [-0.39, 0.29) is 11.8 Å². The van der Waals surface area contributed by atoms with Crippen molar-refractivity contribution in [2.45, 2.75) is 19.3 Å². The first kappa shape index (κ1) is 11.2. The molecule has 18 heavy (non-hydrogen) atoms. The van der Waals surface area contributed by atoms with E-state index in [0.717, 1.165) is 35.9 Å². The Kier molecular flexibility index (Phi) is 2.74. The van der Waals surface area contributed by atoms with E-state index in [1.165, 1.54) is 0 Å². The molecule has 2 aromatic rings. The zero-order valence-electron chi connectivity index (χ0n) is 10.0. The molecular weight excluding hydrogens is 226 g/mol. The zero-order chi connectivity index (χ0) is 12.5. The molecule has 1 saturated carbocycles. The largest absolute Gasteiger partial charge is 0.481 e. The second-order valence-electron chi connectivity index (χ2n) is 4.98. The lowest BCUT2D eigenvalue weighted by Gasteiger charge is -2.33. The Labute approximate surface area is 105 Å². The van der Waals surface area contributed by atoms with Crippen LogP contribution >= 0.6 is 0 Å². The van der Waals surface area contributed by atoms with Crippen LogP contribution in [0.1, 0.15) is 18.5 Å². The summed E-state index contributed by atoms with van der Waals surface area (Å²) in [6.45, 7) is 0. The van der Waals surface area contributed by atoms with Crippen LogP contribution in [0.25, 0.3) is 10.9 Å². The van der Waals surface area contributed by atoms with Gasteiger partial charge in [-0.3, -0.25) is 9.78 Å². The van der Waals surface area contributed by atoms with Gasteiger partial charge >= 0.3 is 5.97 Å². The summed E-state index contributed by atoms with van der Waals surface area (Å²) in [6.07, 6.45) is 2.60. The Bertz CT molecular complexity index is 594. The fourth-order valence-corrected chi connectivity index (χ4v) is 2.63. The van der Waals surface area contributed by atoms with E-state index in [4.69, 9.17) is 5.11 Å². The van der Waals surface area contributed by atoms with E-state index in [1.807, 2.05) is 30.3 Å². The van der Waals surface area contributed by atoms with Gasteiger partial charge in [-0.2, -0.15) is 0 Å². The van der Waals surface area contributed by atoms with Crippen molar-refractivity contribution in [3.63, 3.8) is 0 Å². The summed E-state index contributed by atoms with van der Waals surface area (Å²) >= 11 is 0. The molecule has 2 atom stereocenters. The summed E-state index contributed by atoms with van der Waals surface area (Å²) < 4.78 is 0. The lowest BCUT2D eigenvalue weighted by molar-refractivity contribution is -0.147. The number of aromatic nitrogens is 1. The first-order valence-corrected chi connectivity index (χ1v) is 6.31. The summed E-state index contributed by atoms with van der Waals surface area (Å²) in [4.78, 5) is 15.6. The molecule has 92 valence electrons. The van der Waals surface area contributed by atoms with Gasteiger partial charge in [0.25, 0.3) is 0 Å². The number of benzene rings is 1. The minimum atomic E-state index is -0.660. The van der Waals surface area contributed by atoms with Crippen LogP contribution in [0.4, 0.5) is 0 Å². The van der Waals surface area contributed by atoms with Crippen molar-refractivity contribution in [1.82, 2.24) is 4.98 Å². The first-order valence-electron chi connectivity index (χ1n) is 6.31. The number of carboxylic acids is 1. The second kappa shape index (κ2) is 4.41. The molecule has 1 N–H and O–H groups in total. The number of para-hydroxylation sites is 1. The average molecular weight is 241 g/mol. The van der Waals surface area contributed by atoms with Gasteiger partial charge in [0.2, 0.25) is 0 Å². The zero-order valence-corrected chi connectivity index (χ0v) is 10.0. The minimum Gasteiger partial charge on any atom is -0.481 e. The van der Waals surface area contributed by atoms with Crippen molar-refractivity contribution < 1.29 is 9.90 Å². The van der Waals surface area contributed by atoms with Gasteiger partial charge in [0.05, 0.1) is 11.4 Å². The molecule has 1 heterocycles. The minimum absolute atomic E-state index is 0.168. The highest BCUT2D eigenvalue weighted by atomic mass is 16.4. The standard InChI is InChI=1S/C15H15NO2/c17-15(18)13-8-6-11(13)9-12-7-5-10-3-1-2-4-14(10)16-12/h1-5,7,11,13H,6,8-9H2,(H,17,18). The lowest BCUT2D eigenvalue weighted by atomic mass is 9.71. The van der Waals surface area contributed by atoms with Crippen molar-refractivity contribution in [3.8, 4) is 0 Å². The molecule has 1 aliphatic rings. The van der Waals surface area contributed by atoms with Crippen LogP contribution < -0.4 is 0 Å². The Balaban J connectivity index is 1.81. The topological polar surface area (TPSA) is 50.2 Å². The van der Waals surface area contributed by atoms with Gasteiger partial charge in [-0.25, -0.2) is 0 Å². The predicted octanol–water partition coefficient (Wildman–Crippen LogP) is 2.89. The smallest absolute Gasteiger partial charge is 0.306 e. The summed E-state index contributed by atoms with van der Waals surface area (Å²) in [5.74, 6) is -0.568. The fraction of sp³-hybridized carbons (Fsp3) is 0.333. The van der Waals surface area contributed by atoms with Gasteiger partial charge in [0.1, 0.15) is 0 Å². The molecule has 3 rings (SSSR count). The highest BCUT2D eigenvalue weighted by Gasteiger charge is 2.36. The number of rotatable bonds is 3. The third-order valence-electron chi connectivity index (χ3n) is 3.86. The van der Waals surface area contributed by atoms with Crippen LogP contribution in [0.3, 0.4) is 0 Å². The van der Waals surface area contributed by atoms with E-state index in [9.17, 15) is 4.79 Å². The molecule has 1 aromatic heterocycles. The van der Waals surface area contributed by atoms with Crippen molar-refractivity contribution in [2.24, 2.45) is 11.8 Å². The van der Waals surface area contributed by atoms with Gasteiger partial charge < -0.3 is 5.11 Å². The second-order valence-corrected chi connectivity index (χ2v) is 4.98. The van der Waals surface area contributed by atoms with Crippen LogP contribution in [0.5, 0.6) is 0 Å². The molecule has 0 amide bonds. The SMILES string of the molecule is O=C(O)C1CCC1Cc1ccc2ccccc2n1. The molecule has 2 unspecified atom stereocenters. The lowest BCUT2D eigenvalue weighted by Crippen LogP contribution is -2.34. The summed E-state index contributed by atoms with van der Waals surface area (Å²) in [6, 6.07) is 12.1. The Hall–Kier alpha value is -1.90. The highest BCUT2D eigenvalue weighted by molar-refractivity contribution is 5.78.